The van der Waals surface area contributed by atoms with Crippen LogP contribution < -0.4 is 0 Å². The van der Waals surface area contributed by atoms with Gasteiger partial charge in [-0.2, -0.15) is 10.2 Å². The molecular formula is C21H28N2. The summed E-state index contributed by atoms with van der Waals surface area (Å²) < 4.78 is 0. The summed E-state index contributed by atoms with van der Waals surface area (Å²) in [6.07, 6.45) is 32.6. The Balaban J connectivity index is 2.01. The van der Waals surface area contributed by atoms with Gasteiger partial charge in [0.25, 0.3) is 0 Å². The maximum atomic E-state index is 4.63. The minimum atomic E-state index is 0.395. The van der Waals surface area contributed by atoms with Crippen LogP contribution in [-0.2, 0) is 0 Å². The van der Waals surface area contributed by atoms with Gasteiger partial charge in [-0.05, 0) is 25.0 Å². The molecule has 122 valence electrons. The summed E-state index contributed by atoms with van der Waals surface area (Å²) in [5.74, 6) is 0. The Morgan fingerprint density at radius 3 is 1.78 bits per heavy atom. The molecule has 2 rings (SSSR count). The first kappa shape index (κ1) is 17.4. The molecule has 23 heavy (non-hydrogen) atoms. The number of allylic oxidation sites excluding steroid dienone is 11. The van der Waals surface area contributed by atoms with Gasteiger partial charge in [0.1, 0.15) is 0 Å². The van der Waals surface area contributed by atoms with Crippen LogP contribution in [0.15, 0.2) is 82.8 Å². The predicted molar refractivity (Wildman–Crippen MR) is 99.4 cm³/mol. The maximum absolute atomic E-state index is 4.63. The van der Waals surface area contributed by atoms with Gasteiger partial charge in [-0.15, -0.1) is 0 Å². The molecule has 0 aromatic rings. The second-order valence-corrected chi connectivity index (χ2v) is 6.06. The smallest absolute Gasteiger partial charge is 0.0852 e. The third kappa shape index (κ3) is 8.29. The number of hydrogen-bond acceptors (Lipinski definition) is 2. The first-order valence-corrected chi connectivity index (χ1v) is 8.91. The SMILES string of the molecule is C1=C/C=C\C=C/C(/N=N/C2CCCCCCCC2)=C\C=C/C=C\1. The average Bonchev–Trinajstić information content (AvgIpc) is 2.68. The van der Waals surface area contributed by atoms with Gasteiger partial charge in [0, 0.05) is 0 Å². The van der Waals surface area contributed by atoms with Gasteiger partial charge in [-0.25, -0.2) is 0 Å². The molecule has 2 aliphatic rings. The van der Waals surface area contributed by atoms with E-state index in [0.717, 1.165) is 5.70 Å². The average molecular weight is 308 g/mol. The fourth-order valence-electron chi connectivity index (χ4n) is 2.75. The van der Waals surface area contributed by atoms with Crippen LogP contribution in [0.3, 0.4) is 0 Å². The molecule has 2 heteroatoms. The molecule has 0 radical (unpaired) electrons. The lowest BCUT2D eigenvalue weighted by Crippen LogP contribution is -2.02. The largest absolute Gasteiger partial charge is 0.185 e. The third-order valence-corrected chi connectivity index (χ3v) is 4.08. The van der Waals surface area contributed by atoms with Crippen molar-refractivity contribution in [2.75, 3.05) is 0 Å². The Hall–Kier alpha value is -1.96. The van der Waals surface area contributed by atoms with Gasteiger partial charge in [-0.3, -0.25) is 0 Å². The molecule has 2 nitrogen and oxygen atoms in total. The molecule has 0 atom stereocenters. The van der Waals surface area contributed by atoms with Gasteiger partial charge < -0.3 is 0 Å². The van der Waals surface area contributed by atoms with E-state index in [0.29, 0.717) is 6.04 Å². The van der Waals surface area contributed by atoms with E-state index in [-0.39, 0.29) is 0 Å². The molecule has 2 aliphatic carbocycles. The molecule has 0 saturated heterocycles. The second-order valence-electron chi connectivity index (χ2n) is 6.06. The van der Waals surface area contributed by atoms with Crippen LogP contribution in [0, 0.1) is 0 Å². The molecule has 0 unspecified atom stereocenters. The zero-order chi connectivity index (χ0) is 16.0. The van der Waals surface area contributed by atoms with E-state index >= 15 is 0 Å². The molecule has 0 N–H and O–H groups in total. The van der Waals surface area contributed by atoms with Crippen LogP contribution >= 0.6 is 0 Å². The van der Waals surface area contributed by atoms with Crippen molar-refractivity contribution in [3.63, 3.8) is 0 Å². The molecule has 0 aromatic heterocycles. The van der Waals surface area contributed by atoms with Crippen molar-refractivity contribution in [1.29, 1.82) is 0 Å². The lowest BCUT2D eigenvalue weighted by Gasteiger charge is -2.08. The monoisotopic (exact) mass is 308 g/mol. The van der Waals surface area contributed by atoms with Gasteiger partial charge in [0.2, 0.25) is 0 Å². The molecule has 1 fully saturated rings. The summed E-state index contributed by atoms with van der Waals surface area (Å²) in [5.41, 5.74) is 0.906. The minimum absolute atomic E-state index is 0.395. The Morgan fingerprint density at radius 2 is 1.13 bits per heavy atom. The van der Waals surface area contributed by atoms with Crippen LogP contribution in [0.1, 0.15) is 51.4 Å². The van der Waals surface area contributed by atoms with E-state index in [1.807, 2.05) is 66.8 Å². The van der Waals surface area contributed by atoms with Crippen molar-refractivity contribution in [2.24, 2.45) is 10.2 Å². The van der Waals surface area contributed by atoms with Crippen molar-refractivity contribution in [3.05, 3.63) is 72.5 Å². The van der Waals surface area contributed by atoms with Gasteiger partial charge in [0.15, 0.2) is 0 Å². The van der Waals surface area contributed by atoms with Crippen molar-refractivity contribution in [1.82, 2.24) is 0 Å². The van der Waals surface area contributed by atoms with Gasteiger partial charge in [0.05, 0.1) is 11.7 Å². The highest BCUT2D eigenvalue weighted by Crippen LogP contribution is 2.20. The fraction of sp³-hybridized carbons (Fsp3) is 0.429. The quantitative estimate of drug-likeness (QED) is 0.512. The maximum Gasteiger partial charge on any atom is 0.0852 e. The van der Waals surface area contributed by atoms with Gasteiger partial charge in [-0.1, -0.05) is 93.2 Å². The number of azo groups is 1. The third-order valence-electron chi connectivity index (χ3n) is 4.08. The highest BCUT2D eigenvalue weighted by Gasteiger charge is 2.09. The molecule has 0 aromatic carbocycles. The Bertz CT molecular complexity index is 520. The first-order valence-electron chi connectivity index (χ1n) is 8.91. The van der Waals surface area contributed by atoms with Gasteiger partial charge >= 0.3 is 0 Å². The fourth-order valence-corrected chi connectivity index (χ4v) is 2.75. The van der Waals surface area contributed by atoms with E-state index in [4.69, 9.17) is 0 Å². The summed E-state index contributed by atoms with van der Waals surface area (Å²) in [6, 6.07) is 0.395. The topological polar surface area (TPSA) is 24.7 Å². The van der Waals surface area contributed by atoms with Crippen molar-refractivity contribution in [3.8, 4) is 0 Å². The number of hydrogen-bond donors (Lipinski definition) is 0. The number of nitrogens with zero attached hydrogens (tertiary/aromatic N) is 2. The Morgan fingerprint density at radius 1 is 0.609 bits per heavy atom. The molecule has 0 amide bonds. The van der Waals surface area contributed by atoms with Crippen molar-refractivity contribution in [2.45, 2.75) is 57.4 Å². The lowest BCUT2D eigenvalue weighted by molar-refractivity contribution is 0.517. The highest BCUT2D eigenvalue weighted by molar-refractivity contribution is 5.28. The summed E-state index contributed by atoms with van der Waals surface area (Å²) >= 11 is 0. The highest BCUT2D eigenvalue weighted by atomic mass is 15.1. The number of rotatable bonds is 2. The molecule has 0 heterocycles. The summed E-state index contributed by atoms with van der Waals surface area (Å²) in [6.45, 7) is 0. The summed E-state index contributed by atoms with van der Waals surface area (Å²) in [4.78, 5) is 0. The van der Waals surface area contributed by atoms with Crippen molar-refractivity contribution >= 4 is 0 Å². The van der Waals surface area contributed by atoms with E-state index in [9.17, 15) is 0 Å². The Kier molecular flexibility index (Phi) is 8.76. The van der Waals surface area contributed by atoms with E-state index < -0.39 is 0 Å². The molecule has 0 bridgehead atoms. The zero-order valence-electron chi connectivity index (χ0n) is 14.0. The summed E-state index contributed by atoms with van der Waals surface area (Å²) in [5, 5.41) is 9.14. The first-order chi connectivity index (χ1) is 11.4. The van der Waals surface area contributed by atoms with E-state index in [2.05, 4.69) is 10.2 Å². The van der Waals surface area contributed by atoms with Crippen LogP contribution in [0.4, 0.5) is 0 Å². The van der Waals surface area contributed by atoms with Crippen LogP contribution in [-0.4, -0.2) is 6.04 Å². The molecular weight excluding hydrogens is 280 g/mol. The molecule has 0 spiro atoms. The Labute approximate surface area is 140 Å². The van der Waals surface area contributed by atoms with Crippen LogP contribution in [0.2, 0.25) is 0 Å². The summed E-state index contributed by atoms with van der Waals surface area (Å²) in [7, 11) is 0. The lowest BCUT2D eigenvalue weighted by atomic mass is 10.1. The van der Waals surface area contributed by atoms with E-state index in [1.54, 1.807) is 0 Å². The molecule has 1 saturated carbocycles. The minimum Gasteiger partial charge on any atom is -0.185 e. The predicted octanol–water partition coefficient (Wildman–Crippen LogP) is 6.62. The van der Waals surface area contributed by atoms with E-state index in [1.165, 1.54) is 51.4 Å². The van der Waals surface area contributed by atoms with Crippen molar-refractivity contribution < 1.29 is 0 Å². The van der Waals surface area contributed by atoms with Crippen LogP contribution in [0.5, 0.6) is 0 Å². The zero-order valence-corrected chi connectivity index (χ0v) is 14.0. The normalized spacial score (nSPS) is 30.5. The van der Waals surface area contributed by atoms with Crippen LogP contribution in [0.25, 0.3) is 0 Å². The second kappa shape index (κ2) is 11.6. The standard InChI is InChI=1S/C21H28N2/c1-2-4-8-12-16-20(17-13-9-5-3-1)22-23-21-18-14-10-6-7-11-15-19-21/h1-5,8-9,12-13,16-17,21H,6-7,10-11,14-15,18-19H2/b2-1-,3-1?,4-2?,5-3-,8-4-,9-5?,12-8?,13-9-,16-12-,17-13?,20-16?,20-17+,23-22+. The molecule has 0 aliphatic heterocycles.